The molecule has 0 atom stereocenters. The van der Waals surface area contributed by atoms with Gasteiger partial charge in [0.2, 0.25) is 0 Å². The van der Waals surface area contributed by atoms with E-state index >= 15 is 0 Å². The second-order valence-corrected chi connectivity index (χ2v) is 8.62. The lowest BCUT2D eigenvalue weighted by molar-refractivity contribution is -0.124. The summed E-state index contributed by atoms with van der Waals surface area (Å²) in [6.45, 7) is 4.42. The number of carbonyl (C=O) groups excluding carboxylic acids is 1. The van der Waals surface area contributed by atoms with E-state index in [2.05, 4.69) is 13.8 Å². The maximum atomic E-state index is 12.1. The Morgan fingerprint density at radius 3 is 1.30 bits per heavy atom. The monoisotopic (exact) mass is 382 g/mol. The number of rotatable bonds is 21. The maximum Gasteiger partial charge on any atom is 0.166 e. The van der Waals surface area contributed by atoms with E-state index in [4.69, 9.17) is 11.5 Å². The van der Waals surface area contributed by atoms with Gasteiger partial charge in [-0.3, -0.25) is 4.79 Å². The third-order valence-corrected chi connectivity index (χ3v) is 5.72. The third kappa shape index (κ3) is 17.4. The second-order valence-electron chi connectivity index (χ2n) is 8.62. The number of Topliss-reactive ketones (excluding diaryl/α,β-unsaturated/α-hetero) is 1. The number of ketones is 1. The van der Waals surface area contributed by atoms with Crippen molar-refractivity contribution in [2.75, 3.05) is 0 Å². The smallest absolute Gasteiger partial charge is 0.166 e. The van der Waals surface area contributed by atoms with Crippen LogP contribution in [0.2, 0.25) is 0 Å². The number of unbranched alkanes of at least 4 members (excludes halogenated alkanes) is 16. The van der Waals surface area contributed by atoms with E-state index in [9.17, 15) is 4.79 Å². The highest BCUT2D eigenvalue weighted by Crippen LogP contribution is 2.15. The standard InChI is InChI=1S/C24H50N2O/c1-3-5-7-8-9-10-11-12-13-14-15-16-17-18-19-21-23(27)24(25,26)22-20-6-4-2/h3-22,25-26H2,1-2H3. The van der Waals surface area contributed by atoms with Crippen LogP contribution in [-0.4, -0.2) is 11.4 Å². The van der Waals surface area contributed by atoms with Crippen molar-refractivity contribution in [3.63, 3.8) is 0 Å². The van der Waals surface area contributed by atoms with Gasteiger partial charge in [-0.25, -0.2) is 0 Å². The first-order valence-corrected chi connectivity index (χ1v) is 12.2. The molecule has 0 unspecified atom stereocenters. The average Bonchev–Trinajstić information content (AvgIpc) is 2.64. The van der Waals surface area contributed by atoms with E-state index < -0.39 is 5.66 Å². The van der Waals surface area contributed by atoms with Crippen molar-refractivity contribution in [2.45, 2.75) is 148 Å². The predicted molar refractivity (Wildman–Crippen MR) is 120 cm³/mol. The molecule has 162 valence electrons. The topological polar surface area (TPSA) is 69.1 Å². The van der Waals surface area contributed by atoms with Gasteiger partial charge in [0.1, 0.15) is 5.66 Å². The van der Waals surface area contributed by atoms with Crippen molar-refractivity contribution >= 4 is 5.78 Å². The largest absolute Gasteiger partial charge is 0.307 e. The molecule has 0 radical (unpaired) electrons. The quantitative estimate of drug-likeness (QED) is 0.166. The van der Waals surface area contributed by atoms with Crippen LogP contribution in [0, 0.1) is 0 Å². The van der Waals surface area contributed by atoms with Crippen molar-refractivity contribution in [1.29, 1.82) is 0 Å². The Hall–Kier alpha value is -0.410. The fourth-order valence-corrected chi connectivity index (χ4v) is 3.70. The Balaban J connectivity index is 3.34. The van der Waals surface area contributed by atoms with Gasteiger partial charge >= 0.3 is 0 Å². The molecule has 3 nitrogen and oxygen atoms in total. The van der Waals surface area contributed by atoms with Crippen LogP contribution in [0.25, 0.3) is 0 Å². The minimum atomic E-state index is -1.09. The van der Waals surface area contributed by atoms with Crippen LogP contribution in [0.1, 0.15) is 142 Å². The zero-order chi connectivity index (χ0) is 20.2. The highest BCUT2D eigenvalue weighted by atomic mass is 16.1. The average molecular weight is 383 g/mol. The van der Waals surface area contributed by atoms with Crippen molar-refractivity contribution in [1.82, 2.24) is 0 Å². The number of carbonyl (C=O) groups is 1. The van der Waals surface area contributed by atoms with Gasteiger partial charge in [0.25, 0.3) is 0 Å². The summed E-state index contributed by atoms with van der Waals surface area (Å²) in [5.41, 5.74) is 10.9. The summed E-state index contributed by atoms with van der Waals surface area (Å²) in [5.74, 6) is 0.0493. The fourth-order valence-electron chi connectivity index (χ4n) is 3.70. The van der Waals surface area contributed by atoms with E-state index in [1.54, 1.807) is 0 Å². The van der Waals surface area contributed by atoms with Crippen LogP contribution >= 0.6 is 0 Å². The molecule has 0 aromatic rings. The lowest BCUT2D eigenvalue weighted by atomic mass is 9.95. The molecule has 0 saturated carbocycles. The molecule has 0 bridgehead atoms. The summed E-state index contributed by atoms with van der Waals surface area (Å²) in [6, 6.07) is 0. The number of hydrogen-bond acceptors (Lipinski definition) is 3. The zero-order valence-corrected chi connectivity index (χ0v) is 18.7. The van der Waals surface area contributed by atoms with Gasteiger partial charge in [0.15, 0.2) is 5.78 Å². The molecule has 0 aliphatic carbocycles. The molecule has 27 heavy (non-hydrogen) atoms. The first-order chi connectivity index (χ1) is 13.0. The molecule has 0 aromatic carbocycles. The molecule has 0 aliphatic rings. The summed E-state index contributed by atoms with van der Waals surface area (Å²) in [5, 5.41) is 0. The first-order valence-electron chi connectivity index (χ1n) is 12.2. The van der Waals surface area contributed by atoms with E-state index in [-0.39, 0.29) is 5.78 Å². The van der Waals surface area contributed by atoms with Gasteiger partial charge in [0, 0.05) is 6.42 Å². The molecule has 3 heteroatoms. The van der Waals surface area contributed by atoms with Crippen LogP contribution in [0.15, 0.2) is 0 Å². The number of nitrogens with two attached hydrogens (primary N) is 2. The summed E-state index contributed by atoms with van der Waals surface area (Å²) in [7, 11) is 0. The Morgan fingerprint density at radius 1 is 0.556 bits per heavy atom. The molecular formula is C24H50N2O. The second kappa shape index (κ2) is 18.9. The van der Waals surface area contributed by atoms with Crippen LogP contribution in [0.3, 0.4) is 0 Å². The zero-order valence-electron chi connectivity index (χ0n) is 18.7. The Morgan fingerprint density at radius 2 is 0.889 bits per heavy atom. The maximum absolute atomic E-state index is 12.1. The van der Waals surface area contributed by atoms with Gasteiger partial charge in [-0.1, -0.05) is 117 Å². The predicted octanol–water partition coefficient (Wildman–Crippen LogP) is 7.01. The van der Waals surface area contributed by atoms with Gasteiger partial charge in [0.05, 0.1) is 0 Å². The van der Waals surface area contributed by atoms with Crippen LogP contribution in [0.4, 0.5) is 0 Å². The number of hydrogen-bond donors (Lipinski definition) is 2. The fraction of sp³-hybridized carbons (Fsp3) is 0.958. The first kappa shape index (κ1) is 26.6. The molecule has 0 heterocycles. The summed E-state index contributed by atoms with van der Waals surface area (Å²) in [6.07, 6.45) is 24.4. The Kier molecular flexibility index (Phi) is 18.6. The van der Waals surface area contributed by atoms with Crippen LogP contribution in [0.5, 0.6) is 0 Å². The minimum absolute atomic E-state index is 0.0493. The van der Waals surface area contributed by atoms with Crippen LogP contribution in [-0.2, 0) is 4.79 Å². The van der Waals surface area contributed by atoms with Gasteiger partial charge in [-0.2, -0.15) is 0 Å². The van der Waals surface area contributed by atoms with Crippen molar-refractivity contribution < 1.29 is 4.79 Å². The van der Waals surface area contributed by atoms with E-state index in [1.807, 2.05) is 0 Å². The van der Waals surface area contributed by atoms with Crippen molar-refractivity contribution in [3.8, 4) is 0 Å². The normalized spacial score (nSPS) is 11.9. The summed E-state index contributed by atoms with van der Waals surface area (Å²) in [4.78, 5) is 12.1. The van der Waals surface area contributed by atoms with Gasteiger partial charge < -0.3 is 11.5 Å². The lowest BCUT2D eigenvalue weighted by Crippen LogP contribution is -2.56. The molecule has 0 fully saturated rings. The SMILES string of the molecule is CCCCCCCCCCCCCCCCCC(=O)C(N)(N)CCCCC. The summed E-state index contributed by atoms with van der Waals surface area (Å²) < 4.78 is 0. The Bertz CT molecular complexity index is 328. The summed E-state index contributed by atoms with van der Waals surface area (Å²) >= 11 is 0. The van der Waals surface area contributed by atoms with E-state index in [0.29, 0.717) is 12.8 Å². The highest BCUT2D eigenvalue weighted by Gasteiger charge is 2.27. The Labute approximate surface area is 170 Å². The van der Waals surface area contributed by atoms with Gasteiger partial charge in [-0.15, -0.1) is 0 Å². The molecule has 0 aromatic heterocycles. The lowest BCUT2D eigenvalue weighted by Gasteiger charge is -2.22. The molecular weight excluding hydrogens is 332 g/mol. The molecule has 0 aliphatic heterocycles. The van der Waals surface area contributed by atoms with E-state index in [1.165, 1.54) is 83.5 Å². The molecule has 4 N–H and O–H groups in total. The molecule has 0 rings (SSSR count). The van der Waals surface area contributed by atoms with E-state index in [0.717, 1.165) is 32.1 Å². The minimum Gasteiger partial charge on any atom is -0.307 e. The van der Waals surface area contributed by atoms with Crippen LogP contribution < -0.4 is 11.5 Å². The van der Waals surface area contributed by atoms with Crippen molar-refractivity contribution in [2.24, 2.45) is 11.5 Å². The molecule has 0 amide bonds. The van der Waals surface area contributed by atoms with Gasteiger partial charge in [-0.05, 0) is 19.3 Å². The molecule has 0 saturated heterocycles. The van der Waals surface area contributed by atoms with Crippen molar-refractivity contribution in [3.05, 3.63) is 0 Å². The third-order valence-electron chi connectivity index (χ3n) is 5.72. The highest BCUT2D eigenvalue weighted by molar-refractivity contribution is 5.87. The molecule has 0 spiro atoms.